The number of ether oxygens (including phenoxy) is 1. The maximum absolute atomic E-state index is 11.9. The van der Waals surface area contributed by atoms with Crippen molar-refractivity contribution in [2.75, 3.05) is 6.61 Å². The third kappa shape index (κ3) is 4.82. The lowest BCUT2D eigenvalue weighted by molar-refractivity contribution is 0.0491. The zero-order valence-electron chi connectivity index (χ0n) is 12.2. The van der Waals surface area contributed by atoms with Crippen molar-refractivity contribution in [1.82, 2.24) is 0 Å². The maximum Gasteiger partial charge on any atom is 0.341 e. The monoisotopic (exact) mass is 378 g/mol. The maximum atomic E-state index is 11.9. The molecule has 120 valence electrons. The van der Waals surface area contributed by atoms with Crippen molar-refractivity contribution in [3.63, 3.8) is 0 Å². The number of halogens is 1. The van der Waals surface area contributed by atoms with Crippen LogP contribution in [0.25, 0.3) is 0 Å². The fraction of sp³-hybridized carbons (Fsp3) is 0.176. The normalized spacial score (nSPS) is 10.3. The van der Waals surface area contributed by atoms with Gasteiger partial charge in [0.25, 0.3) is 0 Å². The van der Waals surface area contributed by atoms with Crippen molar-refractivity contribution in [2.45, 2.75) is 12.8 Å². The predicted octanol–water partition coefficient (Wildman–Crippen LogP) is 3.68. The molecule has 2 rings (SSSR count). The summed E-state index contributed by atoms with van der Waals surface area (Å²) in [6, 6.07) is 10.7. The Bertz CT molecular complexity index is 709. The van der Waals surface area contributed by atoms with Crippen LogP contribution in [-0.2, 0) is 4.74 Å². The minimum absolute atomic E-state index is 0.0259. The number of carbonyl (C=O) groups is 2. The van der Waals surface area contributed by atoms with Crippen LogP contribution in [-0.4, -0.2) is 28.6 Å². The molecule has 0 amide bonds. The highest BCUT2D eigenvalue weighted by molar-refractivity contribution is 9.10. The lowest BCUT2D eigenvalue weighted by Crippen LogP contribution is -2.08. The summed E-state index contributed by atoms with van der Waals surface area (Å²) in [6.45, 7) is 0.0709. The van der Waals surface area contributed by atoms with E-state index < -0.39 is 5.97 Å². The molecule has 2 aromatic carbocycles. The van der Waals surface area contributed by atoms with Crippen LogP contribution in [0.2, 0.25) is 0 Å². The van der Waals surface area contributed by atoms with Crippen LogP contribution >= 0.6 is 15.9 Å². The van der Waals surface area contributed by atoms with Gasteiger partial charge < -0.3 is 14.9 Å². The van der Waals surface area contributed by atoms with E-state index in [0.29, 0.717) is 12.0 Å². The van der Waals surface area contributed by atoms with Crippen molar-refractivity contribution in [2.24, 2.45) is 0 Å². The van der Waals surface area contributed by atoms with E-state index in [0.717, 1.165) is 10.5 Å². The van der Waals surface area contributed by atoms with Gasteiger partial charge in [0.15, 0.2) is 5.78 Å². The Morgan fingerprint density at radius 2 is 1.74 bits per heavy atom. The van der Waals surface area contributed by atoms with Gasteiger partial charge in [0, 0.05) is 22.5 Å². The summed E-state index contributed by atoms with van der Waals surface area (Å²) < 4.78 is 5.91. The third-order valence-corrected chi connectivity index (χ3v) is 3.68. The van der Waals surface area contributed by atoms with Gasteiger partial charge in [-0.2, -0.15) is 0 Å². The average Bonchev–Trinajstić information content (AvgIpc) is 2.51. The van der Waals surface area contributed by atoms with E-state index in [1.165, 1.54) is 12.1 Å². The first-order valence-electron chi connectivity index (χ1n) is 6.95. The standard InChI is InChI=1S/C17H15BrO5/c18-12-5-3-11(4-6-12)15(20)2-1-9-23-17(22)14-8-7-13(19)10-16(14)21/h3-8,10,19,21H,1-2,9H2. The Kier molecular flexibility index (Phi) is 5.76. The number of esters is 1. The summed E-state index contributed by atoms with van der Waals surface area (Å²) in [7, 11) is 0. The molecule has 0 heterocycles. The van der Waals surface area contributed by atoms with Crippen LogP contribution in [0.3, 0.4) is 0 Å². The van der Waals surface area contributed by atoms with Crippen LogP contribution in [0.1, 0.15) is 33.6 Å². The van der Waals surface area contributed by atoms with Gasteiger partial charge in [0.05, 0.1) is 6.61 Å². The Hall–Kier alpha value is -2.34. The molecule has 0 spiro atoms. The molecule has 5 nitrogen and oxygen atoms in total. The van der Waals surface area contributed by atoms with E-state index in [4.69, 9.17) is 9.84 Å². The molecular weight excluding hydrogens is 364 g/mol. The summed E-state index contributed by atoms with van der Waals surface area (Å²) in [5.41, 5.74) is 0.581. The SMILES string of the molecule is O=C(CCCOC(=O)c1ccc(O)cc1O)c1ccc(Br)cc1. The first-order valence-corrected chi connectivity index (χ1v) is 7.74. The number of phenolic OH excluding ortho intramolecular Hbond substituents is 2. The number of ketones is 1. The number of aromatic hydroxyl groups is 2. The van der Waals surface area contributed by atoms with E-state index in [1.807, 2.05) is 0 Å². The molecule has 0 aliphatic carbocycles. The molecule has 0 atom stereocenters. The molecule has 0 unspecified atom stereocenters. The molecule has 0 bridgehead atoms. The molecule has 0 fully saturated rings. The van der Waals surface area contributed by atoms with Gasteiger partial charge in [-0.25, -0.2) is 4.79 Å². The molecular formula is C17H15BrO5. The minimum Gasteiger partial charge on any atom is -0.508 e. The lowest BCUT2D eigenvalue weighted by Gasteiger charge is -2.06. The van der Waals surface area contributed by atoms with Crippen molar-refractivity contribution in [3.05, 3.63) is 58.1 Å². The molecule has 6 heteroatoms. The van der Waals surface area contributed by atoms with Crippen molar-refractivity contribution >= 4 is 27.7 Å². The second-order valence-corrected chi connectivity index (χ2v) is 5.79. The molecule has 2 N–H and O–H groups in total. The van der Waals surface area contributed by atoms with E-state index in [9.17, 15) is 14.7 Å². The van der Waals surface area contributed by atoms with Crippen LogP contribution in [0.4, 0.5) is 0 Å². The number of benzene rings is 2. The lowest BCUT2D eigenvalue weighted by atomic mass is 10.1. The number of rotatable bonds is 6. The molecule has 0 saturated carbocycles. The molecule has 0 saturated heterocycles. The largest absolute Gasteiger partial charge is 0.508 e. The zero-order chi connectivity index (χ0) is 16.8. The van der Waals surface area contributed by atoms with Crippen LogP contribution in [0.5, 0.6) is 11.5 Å². The predicted molar refractivity (Wildman–Crippen MR) is 87.8 cm³/mol. The van der Waals surface area contributed by atoms with Gasteiger partial charge in [-0.1, -0.05) is 28.1 Å². The Morgan fingerprint density at radius 1 is 1.04 bits per heavy atom. The molecule has 0 aromatic heterocycles. The number of hydrogen-bond acceptors (Lipinski definition) is 5. The first kappa shape index (κ1) is 17.0. The number of carbonyl (C=O) groups excluding carboxylic acids is 2. The van der Waals surface area contributed by atoms with E-state index >= 15 is 0 Å². The smallest absolute Gasteiger partial charge is 0.341 e. The highest BCUT2D eigenvalue weighted by atomic mass is 79.9. The van der Waals surface area contributed by atoms with Gasteiger partial charge >= 0.3 is 5.97 Å². The molecule has 23 heavy (non-hydrogen) atoms. The third-order valence-electron chi connectivity index (χ3n) is 3.15. The topological polar surface area (TPSA) is 83.8 Å². The molecule has 0 aliphatic rings. The summed E-state index contributed by atoms with van der Waals surface area (Å²) in [6.07, 6.45) is 0.649. The van der Waals surface area contributed by atoms with Crippen LogP contribution in [0, 0.1) is 0 Å². The van der Waals surface area contributed by atoms with Crippen LogP contribution in [0.15, 0.2) is 46.9 Å². The number of Topliss-reactive ketones (excluding diaryl/α,β-unsaturated/α-hetero) is 1. The van der Waals surface area contributed by atoms with Crippen molar-refractivity contribution in [1.29, 1.82) is 0 Å². The minimum atomic E-state index is -0.696. The molecule has 0 radical (unpaired) electrons. The number of hydrogen-bond donors (Lipinski definition) is 2. The fourth-order valence-corrected chi connectivity index (χ4v) is 2.21. The zero-order valence-corrected chi connectivity index (χ0v) is 13.7. The summed E-state index contributed by atoms with van der Waals surface area (Å²) in [5.74, 6) is -1.21. The molecule has 0 aliphatic heterocycles. The quantitative estimate of drug-likeness (QED) is 0.455. The van der Waals surface area contributed by atoms with Gasteiger partial charge in [-0.05, 0) is 30.7 Å². The van der Waals surface area contributed by atoms with Crippen molar-refractivity contribution < 1.29 is 24.5 Å². The Labute approximate surface area is 141 Å². The Balaban J connectivity index is 1.79. The average molecular weight is 379 g/mol. The van der Waals surface area contributed by atoms with E-state index in [2.05, 4.69) is 15.9 Å². The van der Waals surface area contributed by atoms with Gasteiger partial charge in [-0.3, -0.25) is 4.79 Å². The fourth-order valence-electron chi connectivity index (χ4n) is 1.95. The second kappa shape index (κ2) is 7.78. The summed E-state index contributed by atoms with van der Waals surface area (Å²) >= 11 is 3.30. The van der Waals surface area contributed by atoms with E-state index in [1.54, 1.807) is 24.3 Å². The number of phenols is 2. The summed E-state index contributed by atoms with van der Waals surface area (Å²) in [5, 5.41) is 18.7. The van der Waals surface area contributed by atoms with Crippen LogP contribution < -0.4 is 0 Å². The second-order valence-electron chi connectivity index (χ2n) is 4.87. The van der Waals surface area contributed by atoms with Gasteiger partial charge in [0.1, 0.15) is 17.1 Å². The van der Waals surface area contributed by atoms with Gasteiger partial charge in [0.2, 0.25) is 0 Å². The summed E-state index contributed by atoms with van der Waals surface area (Å²) in [4.78, 5) is 23.7. The highest BCUT2D eigenvalue weighted by Gasteiger charge is 2.13. The van der Waals surface area contributed by atoms with E-state index in [-0.39, 0.29) is 35.9 Å². The first-order chi connectivity index (χ1) is 11.0. The molecule has 2 aromatic rings. The van der Waals surface area contributed by atoms with Gasteiger partial charge in [-0.15, -0.1) is 0 Å². The van der Waals surface area contributed by atoms with Crippen molar-refractivity contribution in [3.8, 4) is 11.5 Å². The Morgan fingerprint density at radius 3 is 2.39 bits per heavy atom. The highest BCUT2D eigenvalue weighted by Crippen LogP contribution is 2.23.